The molecule has 0 radical (unpaired) electrons. The number of benzene rings is 2. The molecule has 2 aromatic carbocycles. The number of ether oxygens (including phenoxy) is 2. The molecule has 0 spiro atoms. The van der Waals surface area contributed by atoms with Crippen LogP contribution in [-0.2, 0) is 28.4 Å². The molecule has 11 heteroatoms. The van der Waals surface area contributed by atoms with Gasteiger partial charge >= 0.3 is 0 Å². The van der Waals surface area contributed by atoms with Crippen molar-refractivity contribution in [2.45, 2.75) is 25.5 Å². The molecule has 0 fully saturated rings. The minimum absolute atomic E-state index is 0.0445. The van der Waals surface area contributed by atoms with Gasteiger partial charge in [0.15, 0.2) is 26.5 Å². The molecule has 2 aromatic heterocycles. The largest absolute Gasteiger partial charge is 0.494 e. The van der Waals surface area contributed by atoms with E-state index >= 15 is 0 Å². The number of halogens is 1. The van der Waals surface area contributed by atoms with Crippen LogP contribution < -0.4 is 9.47 Å². The molecule has 4 rings (SSSR count). The quantitative estimate of drug-likeness (QED) is 0.290. The van der Waals surface area contributed by atoms with E-state index in [0.717, 1.165) is 17.7 Å². The van der Waals surface area contributed by atoms with Gasteiger partial charge in [-0.25, -0.2) is 13.4 Å². The van der Waals surface area contributed by atoms with E-state index in [0.29, 0.717) is 39.5 Å². The highest BCUT2D eigenvalue weighted by Gasteiger charge is 2.26. The molecule has 0 saturated heterocycles. The van der Waals surface area contributed by atoms with Crippen molar-refractivity contribution in [2.75, 3.05) is 20.0 Å². The fourth-order valence-electron chi connectivity index (χ4n) is 3.60. The average molecular weight is 533 g/mol. The summed E-state index contributed by atoms with van der Waals surface area (Å²) in [6, 6.07) is 12.5. The summed E-state index contributed by atoms with van der Waals surface area (Å²) < 4.78 is 39.2. The molecular weight excluding hydrogens is 508 g/mol. The van der Waals surface area contributed by atoms with Crippen LogP contribution in [0.25, 0.3) is 16.5 Å². The van der Waals surface area contributed by atoms with E-state index in [-0.39, 0.29) is 17.3 Å². The average Bonchev–Trinajstić information content (AvgIpc) is 3.49. The Morgan fingerprint density at radius 3 is 2.31 bits per heavy atom. The van der Waals surface area contributed by atoms with E-state index in [1.54, 1.807) is 49.1 Å². The van der Waals surface area contributed by atoms with E-state index in [9.17, 15) is 8.42 Å². The van der Waals surface area contributed by atoms with Gasteiger partial charge in [-0.15, -0.1) is 21.5 Å². The summed E-state index contributed by atoms with van der Waals surface area (Å²) in [4.78, 5) is 4.64. The van der Waals surface area contributed by atoms with E-state index in [1.165, 1.54) is 11.3 Å². The minimum Gasteiger partial charge on any atom is -0.494 e. The second-order valence-electron chi connectivity index (χ2n) is 7.75. The topological polar surface area (TPSA) is 96.2 Å². The van der Waals surface area contributed by atoms with E-state index in [1.807, 2.05) is 24.4 Å². The normalized spacial score (nSPS) is 11.5. The van der Waals surface area contributed by atoms with Gasteiger partial charge in [0.1, 0.15) is 22.9 Å². The van der Waals surface area contributed by atoms with Crippen molar-refractivity contribution in [2.24, 2.45) is 0 Å². The number of para-hydroxylation sites is 1. The Bertz CT molecular complexity index is 1390. The molecular formula is C24H25ClN4O4S2. The van der Waals surface area contributed by atoms with Gasteiger partial charge in [-0.1, -0.05) is 36.7 Å². The van der Waals surface area contributed by atoms with Gasteiger partial charge in [0.2, 0.25) is 0 Å². The van der Waals surface area contributed by atoms with Crippen LogP contribution in [0, 0.1) is 0 Å². The third-order valence-corrected chi connectivity index (χ3v) is 8.09. The molecule has 0 amide bonds. The van der Waals surface area contributed by atoms with Crippen LogP contribution >= 0.6 is 22.9 Å². The number of hydrogen-bond donors (Lipinski definition) is 0. The lowest BCUT2D eigenvalue weighted by Gasteiger charge is -2.16. The molecule has 0 aliphatic carbocycles. The number of aryl methyl sites for hydroxylation is 2. The summed E-state index contributed by atoms with van der Waals surface area (Å²) in [5.74, 6) is 1.33. The van der Waals surface area contributed by atoms with Crippen LogP contribution in [0.5, 0.6) is 11.5 Å². The molecule has 0 N–H and O–H groups in total. The minimum atomic E-state index is -3.54. The molecule has 0 saturated carbocycles. The lowest BCUT2D eigenvalue weighted by molar-refractivity contribution is 0.391. The zero-order valence-electron chi connectivity index (χ0n) is 19.6. The van der Waals surface area contributed by atoms with Crippen LogP contribution in [0.4, 0.5) is 0 Å². The number of sulfone groups is 1. The first-order chi connectivity index (χ1) is 16.8. The van der Waals surface area contributed by atoms with Crippen molar-refractivity contribution in [1.82, 2.24) is 19.7 Å². The van der Waals surface area contributed by atoms with Crippen molar-refractivity contribution in [1.29, 1.82) is 0 Å². The third kappa shape index (κ3) is 5.66. The zero-order valence-corrected chi connectivity index (χ0v) is 22.0. The highest BCUT2D eigenvalue weighted by molar-refractivity contribution is 7.90. The maximum Gasteiger partial charge on any atom is 0.197 e. The lowest BCUT2D eigenvalue weighted by Crippen LogP contribution is -2.16. The fraction of sp³-hybridized carbons (Fsp3) is 0.292. The van der Waals surface area contributed by atoms with Crippen LogP contribution in [0.1, 0.15) is 24.0 Å². The number of thiazole rings is 1. The molecule has 4 aromatic rings. The first-order valence-electron chi connectivity index (χ1n) is 10.9. The molecule has 2 heterocycles. The van der Waals surface area contributed by atoms with Crippen molar-refractivity contribution < 1.29 is 17.9 Å². The van der Waals surface area contributed by atoms with Gasteiger partial charge in [0, 0.05) is 10.4 Å². The molecule has 0 bridgehead atoms. The van der Waals surface area contributed by atoms with Gasteiger partial charge in [0.05, 0.1) is 25.7 Å². The Kier molecular flexibility index (Phi) is 7.73. The van der Waals surface area contributed by atoms with Crippen molar-refractivity contribution in [3.8, 4) is 28.0 Å². The van der Waals surface area contributed by atoms with Crippen LogP contribution in [0.3, 0.4) is 0 Å². The van der Waals surface area contributed by atoms with Gasteiger partial charge in [-0.05, 0) is 42.7 Å². The number of methoxy groups -OCH3 is 2. The summed E-state index contributed by atoms with van der Waals surface area (Å²) in [5, 5.41) is 11.8. The van der Waals surface area contributed by atoms with E-state index in [2.05, 4.69) is 15.2 Å². The summed E-state index contributed by atoms with van der Waals surface area (Å²) >= 11 is 7.36. The van der Waals surface area contributed by atoms with Gasteiger partial charge in [0.25, 0.3) is 0 Å². The van der Waals surface area contributed by atoms with Gasteiger partial charge < -0.3 is 9.47 Å². The first-order valence-corrected chi connectivity index (χ1v) is 14.0. The Labute approximate surface area is 213 Å². The second kappa shape index (κ2) is 10.8. The third-order valence-electron chi connectivity index (χ3n) is 5.42. The summed E-state index contributed by atoms with van der Waals surface area (Å²) in [5.41, 5.74) is 2.33. The Morgan fingerprint density at radius 2 is 1.71 bits per heavy atom. The molecule has 35 heavy (non-hydrogen) atoms. The number of rotatable bonds is 10. The van der Waals surface area contributed by atoms with Crippen LogP contribution in [-0.4, -0.2) is 48.1 Å². The Hall–Kier alpha value is -2.95. The number of nitrogens with zero attached hydrogens (tertiary/aromatic N) is 4. The summed E-state index contributed by atoms with van der Waals surface area (Å²) in [6.07, 6.45) is 1.14. The monoisotopic (exact) mass is 532 g/mol. The summed E-state index contributed by atoms with van der Waals surface area (Å²) in [6.45, 7) is 2.02. The van der Waals surface area contributed by atoms with Crippen molar-refractivity contribution in [3.63, 3.8) is 0 Å². The molecule has 0 unspecified atom stereocenters. The highest BCUT2D eigenvalue weighted by Crippen LogP contribution is 2.37. The van der Waals surface area contributed by atoms with Crippen molar-refractivity contribution >= 4 is 32.8 Å². The standard InChI is InChI=1S/C24H25ClN4O4S2/c1-4-18-14-34-24(26-18)23-28-27-21(29(23)22-19(32-2)6-5-7-20(22)33-3)15-35(30,31)13-12-16-8-10-17(25)11-9-16/h5-11,14H,4,12-13,15H2,1-3H3. The van der Waals surface area contributed by atoms with E-state index in [4.69, 9.17) is 21.1 Å². The van der Waals surface area contributed by atoms with Gasteiger partial charge in [-0.2, -0.15) is 0 Å². The smallest absolute Gasteiger partial charge is 0.197 e. The molecule has 0 atom stereocenters. The molecule has 0 aliphatic rings. The van der Waals surface area contributed by atoms with Crippen molar-refractivity contribution in [3.05, 3.63) is 69.9 Å². The molecule has 184 valence electrons. The molecule has 0 aliphatic heterocycles. The Morgan fingerprint density at radius 1 is 1.03 bits per heavy atom. The van der Waals surface area contributed by atoms with Gasteiger partial charge in [-0.3, -0.25) is 4.57 Å². The molecule has 8 nitrogen and oxygen atoms in total. The zero-order chi connectivity index (χ0) is 25.0. The van der Waals surface area contributed by atoms with Crippen LogP contribution in [0.2, 0.25) is 5.02 Å². The Balaban J connectivity index is 1.76. The highest BCUT2D eigenvalue weighted by atomic mass is 35.5. The van der Waals surface area contributed by atoms with Crippen LogP contribution in [0.15, 0.2) is 47.8 Å². The maximum absolute atomic E-state index is 13.1. The SMILES string of the molecule is CCc1csc(-c2nnc(CS(=O)(=O)CCc3ccc(Cl)cc3)n2-c2c(OC)cccc2OC)n1. The van der Waals surface area contributed by atoms with E-state index < -0.39 is 9.84 Å². The lowest BCUT2D eigenvalue weighted by atomic mass is 10.2. The predicted molar refractivity (Wildman–Crippen MR) is 138 cm³/mol. The first kappa shape index (κ1) is 25.2. The summed E-state index contributed by atoms with van der Waals surface area (Å²) in [7, 11) is -0.446. The fourth-order valence-corrected chi connectivity index (χ4v) is 5.87. The number of hydrogen-bond acceptors (Lipinski definition) is 8. The predicted octanol–water partition coefficient (Wildman–Crippen LogP) is 4.78. The number of aromatic nitrogens is 4. The maximum atomic E-state index is 13.1. The second-order valence-corrected chi connectivity index (χ2v) is 11.2.